The minimum Gasteiger partial charge on any atom is -0.384 e. The fourth-order valence-corrected chi connectivity index (χ4v) is 1.66. The molecule has 102 valence electrons. The molecule has 0 aliphatic carbocycles. The summed E-state index contributed by atoms with van der Waals surface area (Å²) in [6.07, 6.45) is 2.85. The van der Waals surface area contributed by atoms with Crippen LogP contribution in [-0.4, -0.2) is 32.4 Å². The maximum absolute atomic E-state index is 11.9. The van der Waals surface area contributed by atoms with Gasteiger partial charge in [-0.1, -0.05) is 17.9 Å². The third-order valence-electron chi connectivity index (χ3n) is 2.52. The molecule has 6 nitrogen and oxygen atoms in total. The van der Waals surface area contributed by atoms with E-state index in [1.807, 2.05) is 25.1 Å². The van der Waals surface area contributed by atoms with Gasteiger partial charge in [0.05, 0.1) is 5.69 Å². The first-order valence-corrected chi connectivity index (χ1v) is 6.01. The predicted molar refractivity (Wildman–Crippen MR) is 73.8 cm³/mol. The summed E-state index contributed by atoms with van der Waals surface area (Å²) in [7, 11) is 0. The number of carbonyl (C=O) groups excluding carboxylic acids is 1. The van der Waals surface area contributed by atoms with E-state index in [9.17, 15) is 4.79 Å². The van der Waals surface area contributed by atoms with Crippen LogP contribution in [0.3, 0.4) is 0 Å². The Hall–Kier alpha value is -2.65. The normalized spacial score (nSPS) is 9.70. The predicted octanol–water partition coefficient (Wildman–Crippen LogP) is 0.569. The third-order valence-corrected chi connectivity index (χ3v) is 2.52. The molecule has 0 fully saturated rings. The van der Waals surface area contributed by atoms with E-state index >= 15 is 0 Å². The van der Waals surface area contributed by atoms with E-state index in [-0.39, 0.29) is 19.1 Å². The van der Waals surface area contributed by atoms with Gasteiger partial charge in [-0.05, 0) is 24.6 Å². The number of amides is 1. The molecule has 0 saturated carbocycles. The van der Waals surface area contributed by atoms with Crippen molar-refractivity contribution in [2.75, 3.05) is 11.9 Å². The molecule has 0 aliphatic heterocycles. The first-order valence-electron chi connectivity index (χ1n) is 6.01. The summed E-state index contributed by atoms with van der Waals surface area (Å²) in [6.45, 7) is 1.79. The number of aliphatic hydroxyl groups is 1. The number of benzene rings is 1. The van der Waals surface area contributed by atoms with Crippen molar-refractivity contribution in [3.8, 4) is 11.8 Å². The van der Waals surface area contributed by atoms with Crippen LogP contribution in [0, 0.1) is 18.8 Å². The Bertz CT molecular complexity index is 654. The second-order valence-corrected chi connectivity index (χ2v) is 4.15. The number of anilines is 1. The van der Waals surface area contributed by atoms with Crippen molar-refractivity contribution >= 4 is 11.6 Å². The maximum Gasteiger partial charge on any atom is 0.246 e. The molecule has 0 atom stereocenters. The largest absolute Gasteiger partial charge is 0.384 e. The summed E-state index contributed by atoms with van der Waals surface area (Å²) in [4.78, 5) is 15.7. The highest BCUT2D eigenvalue weighted by Gasteiger charge is 2.07. The molecule has 2 aromatic rings. The van der Waals surface area contributed by atoms with E-state index in [1.54, 1.807) is 0 Å². The lowest BCUT2D eigenvalue weighted by Gasteiger charge is -2.08. The number of hydrogen-bond acceptors (Lipinski definition) is 4. The first kappa shape index (κ1) is 13.8. The van der Waals surface area contributed by atoms with Crippen molar-refractivity contribution in [3.05, 3.63) is 42.0 Å². The highest BCUT2D eigenvalue weighted by atomic mass is 16.2. The Morgan fingerprint density at radius 2 is 2.35 bits per heavy atom. The Morgan fingerprint density at radius 1 is 1.50 bits per heavy atom. The SMILES string of the molecule is Cc1ccc(C#CCO)c(NC(=O)Cn2cncn2)c1. The number of aliphatic hydroxyl groups excluding tert-OH is 1. The summed E-state index contributed by atoms with van der Waals surface area (Å²) in [5.74, 6) is 5.16. The number of hydrogen-bond donors (Lipinski definition) is 2. The molecule has 0 bridgehead atoms. The van der Waals surface area contributed by atoms with Gasteiger partial charge in [0.25, 0.3) is 0 Å². The van der Waals surface area contributed by atoms with Gasteiger partial charge in [0, 0.05) is 5.56 Å². The number of carbonyl (C=O) groups is 1. The Morgan fingerprint density at radius 3 is 3.05 bits per heavy atom. The maximum atomic E-state index is 11.9. The fourth-order valence-electron chi connectivity index (χ4n) is 1.66. The summed E-state index contributed by atoms with van der Waals surface area (Å²) in [5.41, 5.74) is 2.29. The topological polar surface area (TPSA) is 80.0 Å². The van der Waals surface area contributed by atoms with Crippen molar-refractivity contribution in [1.82, 2.24) is 14.8 Å². The van der Waals surface area contributed by atoms with Crippen LogP contribution in [0.15, 0.2) is 30.9 Å². The average Bonchev–Trinajstić information content (AvgIpc) is 2.90. The quantitative estimate of drug-likeness (QED) is 0.799. The van der Waals surface area contributed by atoms with Crippen LogP contribution in [0.4, 0.5) is 5.69 Å². The fraction of sp³-hybridized carbons (Fsp3) is 0.214. The van der Waals surface area contributed by atoms with Crippen LogP contribution < -0.4 is 5.32 Å². The minimum absolute atomic E-state index is 0.0841. The first-order chi connectivity index (χ1) is 9.69. The number of aromatic nitrogens is 3. The second kappa shape index (κ2) is 6.50. The van der Waals surface area contributed by atoms with Gasteiger partial charge in [-0.2, -0.15) is 5.10 Å². The lowest BCUT2D eigenvalue weighted by Crippen LogP contribution is -2.19. The number of aryl methyl sites for hydroxylation is 1. The lowest BCUT2D eigenvalue weighted by molar-refractivity contribution is -0.116. The standard InChI is InChI=1S/C14H14N4O2/c1-11-4-5-12(3-2-6-19)13(7-11)17-14(20)8-18-10-15-9-16-18/h4-5,7,9-10,19H,6,8H2,1H3,(H,17,20). The molecule has 1 amide bonds. The molecule has 1 aromatic heterocycles. The van der Waals surface area contributed by atoms with Gasteiger partial charge in [-0.15, -0.1) is 0 Å². The van der Waals surface area contributed by atoms with Gasteiger partial charge in [-0.3, -0.25) is 4.79 Å². The summed E-state index contributed by atoms with van der Waals surface area (Å²) in [6, 6.07) is 5.54. The molecule has 1 heterocycles. The zero-order chi connectivity index (χ0) is 14.4. The van der Waals surface area contributed by atoms with Crippen molar-refractivity contribution in [1.29, 1.82) is 0 Å². The molecule has 0 aliphatic rings. The lowest BCUT2D eigenvalue weighted by atomic mass is 10.1. The molecule has 2 N–H and O–H groups in total. The van der Waals surface area contributed by atoms with Crippen LogP contribution in [-0.2, 0) is 11.3 Å². The van der Waals surface area contributed by atoms with E-state index in [4.69, 9.17) is 5.11 Å². The summed E-state index contributed by atoms with van der Waals surface area (Å²) in [5, 5.41) is 15.4. The summed E-state index contributed by atoms with van der Waals surface area (Å²) >= 11 is 0. The van der Waals surface area contributed by atoms with Gasteiger partial charge in [0.15, 0.2) is 0 Å². The molecular weight excluding hydrogens is 256 g/mol. The third kappa shape index (κ3) is 3.67. The van der Waals surface area contributed by atoms with Gasteiger partial charge < -0.3 is 10.4 Å². The molecule has 1 aromatic carbocycles. The van der Waals surface area contributed by atoms with Gasteiger partial charge >= 0.3 is 0 Å². The van der Waals surface area contributed by atoms with Crippen molar-refractivity contribution in [2.24, 2.45) is 0 Å². The molecule has 2 rings (SSSR count). The zero-order valence-corrected chi connectivity index (χ0v) is 11.0. The van der Waals surface area contributed by atoms with E-state index in [0.717, 1.165) is 5.56 Å². The van der Waals surface area contributed by atoms with Crippen LogP contribution in [0.1, 0.15) is 11.1 Å². The number of rotatable bonds is 3. The molecule has 0 saturated heterocycles. The zero-order valence-electron chi connectivity index (χ0n) is 11.0. The Balaban J connectivity index is 2.15. The van der Waals surface area contributed by atoms with Crippen LogP contribution in [0.25, 0.3) is 0 Å². The van der Waals surface area contributed by atoms with Gasteiger partial charge in [0.1, 0.15) is 25.8 Å². The average molecular weight is 270 g/mol. The van der Waals surface area contributed by atoms with Crippen molar-refractivity contribution in [3.63, 3.8) is 0 Å². The highest BCUT2D eigenvalue weighted by Crippen LogP contribution is 2.16. The summed E-state index contributed by atoms with van der Waals surface area (Å²) < 4.78 is 1.43. The highest BCUT2D eigenvalue weighted by molar-refractivity contribution is 5.92. The minimum atomic E-state index is -0.222. The molecular formula is C14H14N4O2. The Labute approximate surface area is 116 Å². The molecule has 0 unspecified atom stereocenters. The second-order valence-electron chi connectivity index (χ2n) is 4.15. The Kier molecular flexibility index (Phi) is 4.47. The van der Waals surface area contributed by atoms with E-state index in [1.165, 1.54) is 17.3 Å². The van der Waals surface area contributed by atoms with E-state index in [0.29, 0.717) is 11.3 Å². The smallest absolute Gasteiger partial charge is 0.246 e. The van der Waals surface area contributed by atoms with Gasteiger partial charge in [0.2, 0.25) is 5.91 Å². The van der Waals surface area contributed by atoms with Crippen molar-refractivity contribution < 1.29 is 9.90 Å². The van der Waals surface area contributed by atoms with Crippen LogP contribution in [0.2, 0.25) is 0 Å². The van der Waals surface area contributed by atoms with Crippen molar-refractivity contribution in [2.45, 2.75) is 13.5 Å². The monoisotopic (exact) mass is 270 g/mol. The molecule has 0 spiro atoms. The molecule has 0 radical (unpaired) electrons. The van der Waals surface area contributed by atoms with Crippen LogP contribution in [0.5, 0.6) is 0 Å². The van der Waals surface area contributed by atoms with E-state index < -0.39 is 0 Å². The number of nitrogens with zero attached hydrogens (tertiary/aromatic N) is 3. The number of nitrogens with one attached hydrogen (secondary N) is 1. The molecule has 20 heavy (non-hydrogen) atoms. The van der Waals surface area contributed by atoms with Gasteiger partial charge in [-0.25, -0.2) is 9.67 Å². The van der Waals surface area contributed by atoms with Crippen LogP contribution >= 0.6 is 0 Å². The molecule has 6 heteroatoms. The van der Waals surface area contributed by atoms with E-state index in [2.05, 4.69) is 27.2 Å².